The van der Waals surface area contributed by atoms with Crippen molar-refractivity contribution in [3.05, 3.63) is 0 Å². The maximum atomic E-state index is 12.5. The van der Waals surface area contributed by atoms with Gasteiger partial charge in [0.2, 0.25) is 0 Å². The molecular formula is C21H47NO4Si4. The van der Waals surface area contributed by atoms with E-state index in [4.69, 9.17) is 4.12 Å². The van der Waals surface area contributed by atoms with E-state index in [9.17, 15) is 13.7 Å². The standard InChI is InChI=1S/C21H47NO4Si4/c1-8-27(24)19-30(20-28(25)9-2,26-29(5,6)7)18-14-12-16-21(23)15-11-10-13-17-22(3)4/h8-20H2,1-7H3. The maximum Gasteiger partial charge on any atom is 0.275 e. The van der Waals surface area contributed by atoms with Gasteiger partial charge in [-0.15, -0.1) is 0 Å². The third-order valence-corrected chi connectivity index (χ3v) is 20.6. The molecule has 5 nitrogen and oxygen atoms in total. The van der Waals surface area contributed by atoms with Crippen LogP contribution in [-0.2, 0) is 17.8 Å². The van der Waals surface area contributed by atoms with Gasteiger partial charge in [0.15, 0.2) is 16.6 Å². The Bertz CT molecular complexity index is 518. The third-order valence-electron chi connectivity index (χ3n) is 5.25. The summed E-state index contributed by atoms with van der Waals surface area (Å²) in [5, 5.41) is 0. The second-order valence-corrected chi connectivity index (χ2v) is 24.2. The first-order valence-electron chi connectivity index (χ1n) is 11.8. The molecular weight excluding hydrogens is 443 g/mol. The van der Waals surface area contributed by atoms with Crippen molar-refractivity contribution in [2.24, 2.45) is 0 Å². The number of carbonyl (C=O) groups is 1. The van der Waals surface area contributed by atoms with Crippen LogP contribution in [-0.4, -0.2) is 65.3 Å². The highest BCUT2D eigenvalue weighted by molar-refractivity contribution is 6.94. The summed E-state index contributed by atoms with van der Waals surface area (Å²) in [6.07, 6.45) is 6.38. The molecule has 0 rings (SSSR count). The van der Waals surface area contributed by atoms with Crippen LogP contribution >= 0.6 is 0 Å². The molecule has 0 aromatic carbocycles. The Kier molecular flexibility index (Phi) is 15.8. The van der Waals surface area contributed by atoms with Crippen molar-refractivity contribution in [3.8, 4) is 0 Å². The smallest absolute Gasteiger partial charge is 0.275 e. The highest BCUT2D eigenvalue weighted by Crippen LogP contribution is 2.30. The van der Waals surface area contributed by atoms with Crippen LogP contribution in [0.3, 0.4) is 0 Å². The topological polar surface area (TPSA) is 63.7 Å². The molecule has 0 heterocycles. The number of hydrogen-bond donors (Lipinski definition) is 0. The van der Waals surface area contributed by atoms with E-state index in [1.807, 2.05) is 13.8 Å². The van der Waals surface area contributed by atoms with E-state index >= 15 is 0 Å². The fraction of sp³-hybridized carbons (Fsp3) is 0.952. The third kappa shape index (κ3) is 15.8. The fourth-order valence-electron chi connectivity index (χ4n) is 3.80. The molecule has 0 bridgehead atoms. The maximum absolute atomic E-state index is 12.5. The van der Waals surface area contributed by atoms with Crippen LogP contribution in [0.5, 0.6) is 0 Å². The predicted molar refractivity (Wildman–Crippen MR) is 134 cm³/mol. The van der Waals surface area contributed by atoms with Crippen LogP contribution in [0.15, 0.2) is 0 Å². The molecule has 176 valence electrons. The molecule has 0 spiro atoms. The highest BCUT2D eigenvalue weighted by atomic mass is 28.5. The molecule has 0 saturated heterocycles. The molecule has 0 amide bonds. The van der Waals surface area contributed by atoms with Crippen LogP contribution in [0, 0.1) is 0 Å². The average Bonchev–Trinajstić information content (AvgIpc) is 2.63. The zero-order chi connectivity index (χ0) is 23.2. The number of carbonyl (C=O) groups excluding carboxylic acids is 1. The fourth-order valence-corrected chi connectivity index (χ4v) is 23.0. The van der Waals surface area contributed by atoms with Gasteiger partial charge in [0, 0.05) is 24.2 Å². The summed E-state index contributed by atoms with van der Waals surface area (Å²) in [7, 11) is -3.31. The lowest BCUT2D eigenvalue weighted by molar-refractivity contribution is -0.119. The van der Waals surface area contributed by atoms with E-state index in [0.29, 0.717) is 42.0 Å². The molecule has 0 saturated carbocycles. The van der Waals surface area contributed by atoms with Gasteiger partial charge in [0.1, 0.15) is 5.78 Å². The first kappa shape index (κ1) is 30.1. The molecule has 0 aliphatic rings. The number of Topliss-reactive ketones (excluding diaryl/α,β-unsaturated/α-hetero) is 1. The molecule has 0 atom stereocenters. The molecule has 0 fully saturated rings. The minimum absolute atomic E-state index is 0.363. The second-order valence-electron chi connectivity index (χ2n) is 9.90. The number of ketones is 1. The normalized spacial score (nSPS) is 12.4. The Balaban J connectivity index is 4.73. The average molecular weight is 490 g/mol. The Morgan fingerprint density at radius 3 is 1.77 bits per heavy atom. The van der Waals surface area contributed by atoms with Crippen LogP contribution in [0.2, 0.25) is 49.1 Å². The Morgan fingerprint density at radius 2 is 1.33 bits per heavy atom. The van der Waals surface area contributed by atoms with Crippen molar-refractivity contribution in [2.45, 2.75) is 108 Å². The number of rotatable bonds is 19. The minimum Gasteiger partial charge on any atom is -0.455 e. The lowest BCUT2D eigenvalue weighted by Crippen LogP contribution is -2.50. The van der Waals surface area contributed by atoms with E-state index < -0.39 is 34.0 Å². The van der Waals surface area contributed by atoms with Crippen molar-refractivity contribution in [3.63, 3.8) is 0 Å². The van der Waals surface area contributed by atoms with Gasteiger partial charge < -0.3 is 17.9 Å². The number of nitrogens with zero attached hydrogens (tertiary/aromatic N) is 1. The predicted octanol–water partition coefficient (Wildman–Crippen LogP) is 5.61. The van der Waals surface area contributed by atoms with E-state index in [1.54, 1.807) is 0 Å². The van der Waals surface area contributed by atoms with Gasteiger partial charge in [0.05, 0.1) is 0 Å². The Hall–Kier alpha value is 0.0575. The molecule has 0 aromatic heterocycles. The largest absolute Gasteiger partial charge is 0.455 e. The molecule has 0 unspecified atom stereocenters. The lowest BCUT2D eigenvalue weighted by Gasteiger charge is -2.37. The molecule has 0 aromatic rings. The van der Waals surface area contributed by atoms with E-state index in [0.717, 1.165) is 44.7 Å². The summed E-state index contributed by atoms with van der Waals surface area (Å²) in [5.41, 5.74) is 1.35. The summed E-state index contributed by atoms with van der Waals surface area (Å²) >= 11 is 0. The summed E-state index contributed by atoms with van der Waals surface area (Å²) in [6, 6.07) is 2.31. The lowest BCUT2D eigenvalue weighted by atomic mass is 10.1. The first-order valence-corrected chi connectivity index (χ1v) is 21.4. The summed E-state index contributed by atoms with van der Waals surface area (Å²) < 4.78 is 31.8. The van der Waals surface area contributed by atoms with Gasteiger partial charge >= 0.3 is 0 Å². The summed E-state index contributed by atoms with van der Waals surface area (Å²) in [5.74, 6) is 0.363. The van der Waals surface area contributed by atoms with Crippen molar-refractivity contribution in [1.29, 1.82) is 0 Å². The van der Waals surface area contributed by atoms with E-state index in [-0.39, 0.29) is 0 Å². The van der Waals surface area contributed by atoms with Crippen molar-refractivity contribution in [2.75, 3.05) is 20.6 Å². The SMILES string of the molecule is CC[Si](=O)C[Si](CCCCC(=O)CCCCCN(C)C)(C[Si](=O)CC)O[Si](C)(C)C. The van der Waals surface area contributed by atoms with E-state index in [2.05, 4.69) is 38.6 Å². The van der Waals surface area contributed by atoms with Crippen LogP contribution in [0.25, 0.3) is 0 Å². The highest BCUT2D eigenvalue weighted by Gasteiger charge is 2.42. The number of unbranched alkanes of at least 4 members (excludes halogenated alkanes) is 3. The van der Waals surface area contributed by atoms with Gasteiger partial charge in [0.25, 0.3) is 17.4 Å². The first-order chi connectivity index (χ1) is 13.9. The molecule has 0 radical (unpaired) electrons. The molecule has 0 N–H and O–H groups in total. The number of hydrogen-bond acceptors (Lipinski definition) is 5. The van der Waals surface area contributed by atoms with Crippen molar-refractivity contribution < 1.29 is 17.8 Å². The van der Waals surface area contributed by atoms with Crippen molar-refractivity contribution >= 4 is 39.8 Å². The Labute approximate surface area is 190 Å². The Morgan fingerprint density at radius 1 is 0.833 bits per heavy atom. The zero-order valence-electron chi connectivity index (χ0n) is 20.8. The van der Waals surface area contributed by atoms with Crippen LogP contribution in [0.1, 0.15) is 58.8 Å². The van der Waals surface area contributed by atoms with Gasteiger partial charge in [-0.3, -0.25) is 4.79 Å². The zero-order valence-corrected chi connectivity index (χ0v) is 24.8. The van der Waals surface area contributed by atoms with Gasteiger partial charge in [-0.1, -0.05) is 26.7 Å². The van der Waals surface area contributed by atoms with Crippen LogP contribution in [0.4, 0.5) is 0 Å². The van der Waals surface area contributed by atoms with Gasteiger partial charge in [-0.25, -0.2) is 0 Å². The van der Waals surface area contributed by atoms with Gasteiger partial charge in [-0.2, -0.15) is 0 Å². The van der Waals surface area contributed by atoms with Crippen LogP contribution < -0.4 is 0 Å². The molecule has 9 heteroatoms. The summed E-state index contributed by atoms with van der Waals surface area (Å²) in [6.45, 7) is 11.6. The minimum atomic E-state index is -2.31. The monoisotopic (exact) mass is 489 g/mol. The van der Waals surface area contributed by atoms with Crippen molar-refractivity contribution in [1.82, 2.24) is 4.90 Å². The summed E-state index contributed by atoms with van der Waals surface area (Å²) in [4.78, 5) is 14.4. The quantitative estimate of drug-likeness (QED) is 0.174. The molecule has 0 aliphatic heterocycles. The second kappa shape index (κ2) is 15.8. The van der Waals surface area contributed by atoms with E-state index in [1.165, 1.54) is 0 Å². The molecule has 30 heavy (non-hydrogen) atoms. The molecule has 0 aliphatic carbocycles. The van der Waals surface area contributed by atoms with Gasteiger partial charge in [-0.05, 0) is 77.7 Å².